The summed E-state index contributed by atoms with van der Waals surface area (Å²) in [5, 5.41) is 17.4. The Morgan fingerprint density at radius 3 is 2.60 bits per heavy atom. The van der Waals surface area contributed by atoms with E-state index in [4.69, 9.17) is 16.6 Å². The third-order valence-corrected chi connectivity index (χ3v) is 2.00. The predicted molar refractivity (Wildman–Crippen MR) is 59.3 cm³/mol. The number of carboxylic acids is 1. The molecule has 0 unspecified atom stereocenters. The molecule has 0 saturated heterocycles. The number of hydrogen-bond acceptors (Lipinski definition) is 2. The van der Waals surface area contributed by atoms with E-state index in [2.05, 4.69) is 5.92 Å². The summed E-state index contributed by atoms with van der Waals surface area (Å²) in [7, 11) is 0. The van der Waals surface area contributed by atoms with E-state index in [9.17, 15) is 4.79 Å². The fourth-order valence-electron chi connectivity index (χ4n) is 1.17. The maximum Gasteiger partial charge on any atom is 0.303 e. The van der Waals surface area contributed by atoms with E-state index in [-0.39, 0.29) is 6.42 Å². The van der Waals surface area contributed by atoms with Gasteiger partial charge in [0, 0.05) is 6.42 Å². The maximum atomic E-state index is 10.2. The first-order valence-electron chi connectivity index (χ1n) is 5.19. The fourth-order valence-corrected chi connectivity index (χ4v) is 1.17. The van der Waals surface area contributed by atoms with Gasteiger partial charge in [-0.2, -0.15) is 0 Å². The average molecular weight is 210 g/mol. The Kier molecular flexibility index (Phi) is 8.50. The summed E-state index contributed by atoms with van der Waals surface area (Å²) in [5.41, 5.74) is 0. The minimum Gasteiger partial charge on any atom is -0.481 e. The van der Waals surface area contributed by atoms with Crippen LogP contribution in [0.2, 0.25) is 0 Å². The van der Waals surface area contributed by atoms with Crippen molar-refractivity contribution in [2.45, 2.75) is 44.6 Å². The lowest BCUT2D eigenvalue weighted by atomic mass is 10.1. The summed E-state index contributed by atoms with van der Waals surface area (Å²) >= 11 is 0. The molecule has 0 aromatic carbocycles. The molecular formula is C12H18O3. The van der Waals surface area contributed by atoms with Gasteiger partial charge in [-0.1, -0.05) is 24.8 Å². The number of allylic oxidation sites excluding steroid dienone is 1. The minimum absolute atomic E-state index is 0.256. The van der Waals surface area contributed by atoms with Crippen LogP contribution in [0.3, 0.4) is 0 Å². The number of carboxylic acid groups (broad SMARTS) is 1. The Bertz CT molecular complexity index is 238. The van der Waals surface area contributed by atoms with E-state index in [0.29, 0.717) is 0 Å². The van der Waals surface area contributed by atoms with Gasteiger partial charge in [-0.3, -0.25) is 4.79 Å². The molecule has 0 aliphatic rings. The van der Waals surface area contributed by atoms with Crippen LogP contribution in [0.15, 0.2) is 12.2 Å². The smallest absolute Gasteiger partial charge is 0.303 e. The van der Waals surface area contributed by atoms with Gasteiger partial charge in [-0.15, -0.1) is 6.42 Å². The SMILES string of the molecule is C#C[C@H](O)/C=C/CCCCCCC(=O)O. The molecule has 0 aliphatic heterocycles. The van der Waals surface area contributed by atoms with Crippen molar-refractivity contribution < 1.29 is 15.0 Å². The van der Waals surface area contributed by atoms with E-state index in [1.54, 1.807) is 6.08 Å². The lowest BCUT2D eigenvalue weighted by molar-refractivity contribution is -0.137. The third kappa shape index (κ3) is 10.7. The average Bonchev–Trinajstić information content (AvgIpc) is 2.21. The van der Waals surface area contributed by atoms with Crippen LogP contribution in [0.1, 0.15) is 38.5 Å². The summed E-state index contributed by atoms with van der Waals surface area (Å²) in [6, 6.07) is 0. The van der Waals surface area contributed by atoms with Crippen molar-refractivity contribution in [3.05, 3.63) is 12.2 Å². The van der Waals surface area contributed by atoms with Gasteiger partial charge in [0.25, 0.3) is 0 Å². The van der Waals surface area contributed by atoms with E-state index < -0.39 is 12.1 Å². The standard InChI is InChI=1S/C12H18O3/c1-2-11(13)9-7-5-3-4-6-8-10-12(14)15/h1,7,9,11,13H,3-6,8,10H2,(H,14,15)/b9-7+/t11-/m0/s1. The summed E-state index contributed by atoms with van der Waals surface area (Å²) in [6.07, 6.45) is 12.5. The molecule has 3 nitrogen and oxygen atoms in total. The highest BCUT2D eigenvalue weighted by Gasteiger charge is 1.95. The first kappa shape index (κ1) is 13.7. The molecule has 0 bridgehead atoms. The number of aliphatic carboxylic acids is 1. The molecule has 0 aromatic rings. The molecular weight excluding hydrogens is 192 g/mol. The van der Waals surface area contributed by atoms with Crippen molar-refractivity contribution in [1.29, 1.82) is 0 Å². The second kappa shape index (κ2) is 9.29. The van der Waals surface area contributed by atoms with Gasteiger partial charge in [0.05, 0.1) is 0 Å². The molecule has 0 radical (unpaired) electrons. The monoisotopic (exact) mass is 210 g/mol. The van der Waals surface area contributed by atoms with Crippen molar-refractivity contribution in [3.63, 3.8) is 0 Å². The molecule has 0 aromatic heterocycles. The number of carbonyl (C=O) groups is 1. The van der Waals surface area contributed by atoms with E-state index >= 15 is 0 Å². The minimum atomic E-state index is -0.781. The second-order valence-corrected chi connectivity index (χ2v) is 3.39. The number of unbranched alkanes of at least 4 members (excludes halogenated alkanes) is 4. The zero-order valence-corrected chi connectivity index (χ0v) is 8.85. The second-order valence-electron chi connectivity index (χ2n) is 3.39. The fraction of sp³-hybridized carbons (Fsp3) is 0.583. The van der Waals surface area contributed by atoms with Crippen LogP contribution in [0.4, 0.5) is 0 Å². The Hall–Kier alpha value is -1.27. The first-order chi connectivity index (χ1) is 7.16. The summed E-state index contributed by atoms with van der Waals surface area (Å²) < 4.78 is 0. The lowest BCUT2D eigenvalue weighted by Gasteiger charge is -1.97. The highest BCUT2D eigenvalue weighted by Crippen LogP contribution is 2.05. The first-order valence-corrected chi connectivity index (χ1v) is 5.19. The topological polar surface area (TPSA) is 57.5 Å². The zero-order valence-electron chi connectivity index (χ0n) is 8.85. The molecule has 3 heteroatoms. The van der Waals surface area contributed by atoms with Gasteiger partial charge in [0.1, 0.15) is 6.10 Å². The molecule has 1 atom stereocenters. The molecule has 15 heavy (non-hydrogen) atoms. The number of hydrogen-bond donors (Lipinski definition) is 2. The largest absolute Gasteiger partial charge is 0.481 e. The highest BCUT2D eigenvalue weighted by molar-refractivity contribution is 5.66. The highest BCUT2D eigenvalue weighted by atomic mass is 16.4. The van der Waals surface area contributed by atoms with Gasteiger partial charge in [0.15, 0.2) is 0 Å². The normalized spacial score (nSPS) is 12.5. The summed E-state index contributed by atoms with van der Waals surface area (Å²) in [6.45, 7) is 0. The van der Waals surface area contributed by atoms with E-state index in [0.717, 1.165) is 32.1 Å². The number of rotatable bonds is 8. The van der Waals surface area contributed by atoms with E-state index in [1.165, 1.54) is 0 Å². The molecule has 0 rings (SSSR count). The van der Waals surface area contributed by atoms with Crippen LogP contribution in [-0.2, 0) is 4.79 Å². The van der Waals surface area contributed by atoms with Crippen molar-refractivity contribution in [2.75, 3.05) is 0 Å². The molecule has 0 spiro atoms. The number of aliphatic hydroxyl groups excluding tert-OH is 1. The van der Waals surface area contributed by atoms with Crippen LogP contribution in [0, 0.1) is 12.3 Å². The maximum absolute atomic E-state index is 10.2. The van der Waals surface area contributed by atoms with Crippen molar-refractivity contribution in [3.8, 4) is 12.3 Å². The Morgan fingerprint density at radius 1 is 1.33 bits per heavy atom. The molecule has 0 amide bonds. The van der Waals surface area contributed by atoms with Gasteiger partial charge >= 0.3 is 5.97 Å². The van der Waals surface area contributed by atoms with Crippen LogP contribution < -0.4 is 0 Å². The number of terminal acetylenes is 1. The lowest BCUT2D eigenvalue weighted by Crippen LogP contribution is -1.95. The van der Waals surface area contributed by atoms with Gasteiger partial charge < -0.3 is 10.2 Å². The summed E-state index contributed by atoms with van der Waals surface area (Å²) in [4.78, 5) is 10.2. The molecule has 0 saturated carbocycles. The Labute approximate surface area is 90.8 Å². The third-order valence-electron chi connectivity index (χ3n) is 2.00. The number of aliphatic hydroxyl groups is 1. The van der Waals surface area contributed by atoms with Gasteiger partial charge in [-0.25, -0.2) is 0 Å². The van der Waals surface area contributed by atoms with Crippen molar-refractivity contribution >= 4 is 5.97 Å². The van der Waals surface area contributed by atoms with Crippen LogP contribution >= 0.6 is 0 Å². The Balaban J connectivity index is 3.22. The van der Waals surface area contributed by atoms with Crippen molar-refractivity contribution in [1.82, 2.24) is 0 Å². The molecule has 0 fully saturated rings. The molecule has 0 heterocycles. The molecule has 84 valence electrons. The Morgan fingerprint density at radius 2 is 2.00 bits per heavy atom. The molecule has 2 N–H and O–H groups in total. The van der Waals surface area contributed by atoms with Crippen molar-refractivity contribution in [2.24, 2.45) is 0 Å². The van der Waals surface area contributed by atoms with Gasteiger partial charge in [0.2, 0.25) is 0 Å². The van der Waals surface area contributed by atoms with E-state index in [1.807, 2.05) is 6.08 Å². The van der Waals surface area contributed by atoms with Crippen LogP contribution in [0.25, 0.3) is 0 Å². The van der Waals surface area contributed by atoms with Crippen LogP contribution in [0.5, 0.6) is 0 Å². The predicted octanol–water partition coefficient (Wildman–Crippen LogP) is 1.96. The quantitative estimate of drug-likeness (QED) is 0.366. The zero-order chi connectivity index (χ0) is 11.5. The van der Waals surface area contributed by atoms with Crippen LogP contribution in [-0.4, -0.2) is 22.3 Å². The summed E-state index contributed by atoms with van der Waals surface area (Å²) in [5.74, 6) is 1.46. The molecule has 0 aliphatic carbocycles. The van der Waals surface area contributed by atoms with Gasteiger partial charge in [-0.05, 0) is 25.3 Å².